The fourth-order valence-electron chi connectivity index (χ4n) is 6.07. The van der Waals surface area contributed by atoms with Gasteiger partial charge in [-0.25, -0.2) is 4.98 Å². The lowest BCUT2D eigenvalue weighted by molar-refractivity contribution is -0.268. The molecular formula is C42H38N2O5S. The van der Waals surface area contributed by atoms with E-state index in [1.807, 2.05) is 127 Å². The van der Waals surface area contributed by atoms with Gasteiger partial charge >= 0.3 is 0 Å². The Hall–Kier alpha value is -4.99. The Morgan fingerprint density at radius 1 is 0.740 bits per heavy atom. The van der Waals surface area contributed by atoms with Crippen molar-refractivity contribution in [3.8, 4) is 22.6 Å². The molecule has 8 heteroatoms. The van der Waals surface area contributed by atoms with E-state index in [1.165, 1.54) is 11.8 Å². The lowest BCUT2D eigenvalue weighted by atomic mass is 9.91. The Kier molecular flexibility index (Phi) is 10.5. The molecule has 0 aliphatic carbocycles. The number of aliphatic hydroxyl groups is 1. The number of hydrogen-bond donors (Lipinski definition) is 2. The number of rotatable bonds is 11. The lowest BCUT2D eigenvalue weighted by Gasteiger charge is -2.41. The van der Waals surface area contributed by atoms with Gasteiger partial charge in [-0.05, 0) is 28.8 Å². The molecule has 0 bridgehead atoms. The molecule has 5 aromatic carbocycles. The van der Waals surface area contributed by atoms with E-state index < -0.39 is 6.29 Å². The molecule has 252 valence electrons. The SMILES string of the molecule is C[C@@H]1[C@H](CSc2nc(-c3ccccc3)c(-c3ccccc3)o2)O[C@H](c2ccc(CNC(=O)c3ccccc3)cc2)O[C@@H]1c1ccc(CO)cc1. The van der Waals surface area contributed by atoms with Gasteiger partial charge in [-0.2, -0.15) is 0 Å². The average Bonchev–Trinajstić information content (AvgIpc) is 3.62. The predicted octanol–water partition coefficient (Wildman–Crippen LogP) is 9.01. The maximum absolute atomic E-state index is 12.6. The molecule has 1 amide bonds. The van der Waals surface area contributed by atoms with Gasteiger partial charge in [0.2, 0.25) is 0 Å². The van der Waals surface area contributed by atoms with Crippen molar-refractivity contribution in [2.24, 2.45) is 5.92 Å². The van der Waals surface area contributed by atoms with Crippen LogP contribution in [0.1, 0.15) is 51.9 Å². The summed E-state index contributed by atoms with van der Waals surface area (Å²) in [5.74, 6) is 1.22. The summed E-state index contributed by atoms with van der Waals surface area (Å²) in [6.45, 7) is 2.53. The first-order valence-corrected chi connectivity index (χ1v) is 17.7. The van der Waals surface area contributed by atoms with Gasteiger partial charge in [0.15, 0.2) is 12.1 Å². The summed E-state index contributed by atoms with van der Waals surface area (Å²) in [6.07, 6.45) is -1.06. The summed E-state index contributed by atoms with van der Waals surface area (Å²) in [6, 6.07) is 45.2. The van der Waals surface area contributed by atoms with Gasteiger partial charge in [0.1, 0.15) is 5.69 Å². The third-order valence-corrected chi connectivity index (χ3v) is 9.84. The van der Waals surface area contributed by atoms with Crippen LogP contribution in [0.4, 0.5) is 0 Å². The van der Waals surface area contributed by atoms with Gasteiger partial charge in [-0.15, -0.1) is 0 Å². The second-order valence-corrected chi connectivity index (χ2v) is 13.3. The monoisotopic (exact) mass is 682 g/mol. The largest absolute Gasteiger partial charge is 0.431 e. The minimum Gasteiger partial charge on any atom is -0.431 e. The van der Waals surface area contributed by atoms with Crippen LogP contribution >= 0.6 is 11.8 Å². The summed E-state index contributed by atoms with van der Waals surface area (Å²) >= 11 is 1.53. The molecule has 4 atom stereocenters. The van der Waals surface area contributed by atoms with Crippen molar-refractivity contribution in [2.75, 3.05) is 5.75 Å². The highest BCUT2D eigenvalue weighted by atomic mass is 32.2. The first kappa shape index (κ1) is 33.5. The van der Waals surface area contributed by atoms with E-state index in [0.29, 0.717) is 23.1 Å². The summed E-state index contributed by atoms with van der Waals surface area (Å²) < 4.78 is 19.8. The number of carbonyl (C=O) groups excluding carboxylic acids is 1. The Balaban J connectivity index is 1.11. The lowest BCUT2D eigenvalue weighted by Crippen LogP contribution is -2.38. The summed E-state index contributed by atoms with van der Waals surface area (Å²) in [7, 11) is 0. The topological polar surface area (TPSA) is 93.8 Å². The molecule has 0 spiro atoms. The third kappa shape index (κ3) is 7.74. The number of nitrogens with one attached hydrogen (secondary N) is 1. The predicted molar refractivity (Wildman–Crippen MR) is 195 cm³/mol. The zero-order chi connectivity index (χ0) is 34.3. The number of benzene rings is 5. The molecule has 1 aromatic heterocycles. The molecule has 6 aromatic rings. The van der Waals surface area contributed by atoms with Gasteiger partial charge in [0.05, 0.1) is 18.8 Å². The van der Waals surface area contributed by atoms with Crippen LogP contribution < -0.4 is 5.32 Å². The molecule has 0 radical (unpaired) electrons. The molecule has 0 unspecified atom stereocenters. The second-order valence-electron chi connectivity index (χ2n) is 12.3. The minimum absolute atomic E-state index is 0.00310. The number of nitrogens with zero attached hydrogens (tertiary/aromatic N) is 1. The van der Waals surface area contributed by atoms with Crippen LogP contribution in [0.15, 0.2) is 149 Å². The van der Waals surface area contributed by atoms with E-state index in [2.05, 4.69) is 12.2 Å². The van der Waals surface area contributed by atoms with Gasteiger partial charge in [-0.1, -0.05) is 146 Å². The van der Waals surface area contributed by atoms with Crippen molar-refractivity contribution in [3.63, 3.8) is 0 Å². The third-order valence-electron chi connectivity index (χ3n) is 8.93. The van der Waals surface area contributed by atoms with Crippen LogP contribution in [0.25, 0.3) is 22.6 Å². The highest BCUT2D eigenvalue weighted by Crippen LogP contribution is 2.44. The van der Waals surface area contributed by atoms with Gasteiger partial charge in [0, 0.05) is 40.5 Å². The highest BCUT2D eigenvalue weighted by molar-refractivity contribution is 7.99. The second kappa shape index (κ2) is 15.7. The van der Waals surface area contributed by atoms with Crippen LogP contribution in [0.3, 0.4) is 0 Å². The quantitative estimate of drug-likeness (QED) is 0.132. The number of aromatic nitrogens is 1. The zero-order valence-corrected chi connectivity index (χ0v) is 28.5. The molecule has 0 saturated carbocycles. The summed E-state index contributed by atoms with van der Waals surface area (Å²) in [4.78, 5) is 17.5. The fraction of sp³-hybridized carbons (Fsp3) is 0.190. The molecule has 1 fully saturated rings. The van der Waals surface area contributed by atoms with Gasteiger partial charge in [-0.3, -0.25) is 4.79 Å². The van der Waals surface area contributed by atoms with Crippen molar-refractivity contribution in [3.05, 3.63) is 167 Å². The first-order valence-electron chi connectivity index (χ1n) is 16.7. The normalized spacial score (nSPS) is 18.8. The Morgan fingerprint density at radius 3 is 2.00 bits per heavy atom. The standard InChI is InChI=1S/C42H38N2O5S/c1-28-36(27-50-42-44-37(31-11-5-2-6-12-31)39(49-42)32-13-7-3-8-14-32)47-41(48-38(28)33-21-19-30(26-45)20-22-33)35-23-17-29(18-24-35)25-43-40(46)34-15-9-4-10-16-34/h2-24,28,36,38,41,45H,25-27H2,1H3,(H,43,46)/t28-,36+,38+,41+/m1/s1. The Labute approximate surface area is 296 Å². The molecule has 7 rings (SSSR count). The van der Waals surface area contributed by atoms with Gasteiger partial charge in [0.25, 0.3) is 11.1 Å². The van der Waals surface area contributed by atoms with Crippen LogP contribution in [0, 0.1) is 5.92 Å². The van der Waals surface area contributed by atoms with Crippen molar-refractivity contribution in [1.82, 2.24) is 10.3 Å². The number of amides is 1. The van der Waals surface area contributed by atoms with Crippen LogP contribution in [0.5, 0.6) is 0 Å². The number of carbonyl (C=O) groups is 1. The van der Waals surface area contributed by atoms with Gasteiger partial charge < -0.3 is 24.3 Å². The number of thioether (sulfide) groups is 1. The molecule has 1 saturated heterocycles. The number of oxazole rings is 1. The van der Waals surface area contributed by atoms with E-state index in [4.69, 9.17) is 18.9 Å². The van der Waals surface area contributed by atoms with E-state index in [0.717, 1.165) is 44.8 Å². The molecular weight excluding hydrogens is 645 g/mol. The van der Waals surface area contributed by atoms with Crippen molar-refractivity contribution < 1.29 is 23.8 Å². The van der Waals surface area contributed by atoms with E-state index in [9.17, 15) is 9.90 Å². The Bertz CT molecular complexity index is 1930. The van der Waals surface area contributed by atoms with E-state index in [-0.39, 0.29) is 30.6 Å². The molecule has 1 aliphatic rings. The highest BCUT2D eigenvalue weighted by Gasteiger charge is 2.38. The molecule has 2 heterocycles. The van der Waals surface area contributed by atoms with Crippen LogP contribution in [0.2, 0.25) is 0 Å². The van der Waals surface area contributed by atoms with E-state index in [1.54, 1.807) is 12.1 Å². The Morgan fingerprint density at radius 2 is 1.34 bits per heavy atom. The van der Waals surface area contributed by atoms with Crippen molar-refractivity contribution >= 4 is 17.7 Å². The molecule has 7 nitrogen and oxygen atoms in total. The minimum atomic E-state index is -0.614. The number of ether oxygens (including phenoxy) is 2. The maximum atomic E-state index is 12.6. The van der Waals surface area contributed by atoms with Crippen LogP contribution in [-0.2, 0) is 22.6 Å². The molecule has 1 aliphatic heterocycles. The first-order chi connectivity index (χ1) is 24.6. The zero-order valence-electron chi connectivity index (χ0n) is 27.6. The number of hydrogen-bond acceptors (Lipinski definition) is 7. The molecule has 50 heavy (non-hydrogen) atoms. The van der Waals surface area contributed by atoms with Crippen LogP contribution in [-0.4, -0.2) is 27.9 Å². The summed E-state index contributed by atoms with van der Waals surface area (Å²) in [5.41, 5.74) is 7.12. The van der Waals surface area contributed by atoms with Crippen molar-refractivity contribution in [1.29, 1.82) is 0 Å². The van der Waals surface area contributed by atoms with E-state index >= 15 is 0 Å². The molecule has 2 N–H and O–H groups in total. The van der Waals surface area contributed by atoms with Crippen molar-refractivity contribution in [2.45, 2.75) is 43.8 Å². The smallest absolute Gasteiger partial charge is 0.256 e. The summed E-state index contributed by atoms with van der Waals surface area (Å²) in [5, 5.41) is 13.2. The average molecular weight is 683 g/mol. The fourth-order valence-corrected chi connectivity index (χ4v) is 7.06. The number of aliphatic hydroxyl groups excluding tert-OH is 1. The maximum Gasteiger partial charge on any atom is 0.256 e.